The Hall–Kier alpha value is -4.43. The summed E-state index contributed by atoms with van der Waals surface area (Å²) in [5.74, 6) is -0.00578. The molecule has 4 aromatic rings. The van der Waals surface area contributed by atoms with Crippen LogP contribution in [0.4, 0.5) is 4.79 Å². The van der Waals surface area contributed by atoms with Gasteiger partial charge in [0.05, 0.1) is 6.54 Å². The first-order valence-corrected chi connectivity index (χ1v) is 16.3. The number of carbonyl (C=O) groups is 2. The zero-order chi connectivity index (χ0) is 32.3. The number of hydrogen-bond donors (Lipinski definition) is 0. The molecule has 6 rings (SSSR count). The fourth-order valence-electron chi connectivity index (χ4n) is 6.30. The van der Waals surface area contributed by atoms with Crippen LogP contribution < -0.4 is 0 Å². The third-order valence-electron chi connectivity index (χ3n) is 8.67. The number of pyridine rings is 1. The molecule has 2 aromatic heterocycles. The zero-order valence-corrected chi connectivity index (χ0v) is 27.4. The Bertz CT molecular complexity index is 1730. The third kappa shape index (κ3) is 7.18. The van der Waals surface area contributed by atoms with Crippen molar-refractivity contribution < 1.29 is 19.1 Å². The standard InChI is InChI=1S/C38H44N4O4/c1-38(2,3)46-37(44)41-20-17-32(28-11-7-10-27(22-28)29-12-8-18-39-23-29)34(26-41)36(43)42(31-15-16-31)25-30-24-40(19-9-21-45-4)35-14-6-5-13-33(30)35/h5-8,10-14,18,22-24,31H,9,15-17,19-21,25-26H2,1-4H3. The minimum Gasteiger partial charge on any atom is -0.444 e. The smallest absolute Gasteiger partial charge is 0.410 e. The van der Waals surface area contributed by atoms with Crippen LogP contribution in [0.15, 0.2) is 84.8 Å². The summed E-state index contributed by atoms with van der Waals surface area (Å²) in [5, 5.41) is 1.16. The van der Waals surface area contributed by atoms with Gasteiger partial charge in [0.2, 0.25) is 0 Å². The Morgan fingerprint density at radius 2 is 1.78 bits per heavy atom. The molecule has 1 aliphatic carbocycles. The molecular weight excluding hydrogens is 576 g/mol. The molecule has 0 spiro atoms. The van der Waals surface area contributed by atoms with E-state index in [9.17, 15) is 9.59 Å². The molecular formula is C38H44N4O4. The number of para-hydroxylation sites is 1. The van der Waals surface area contributed by atoms with Gasteiger partial charge in [-0.1, -0.05) is 42.5 Å². The molecule has 240 valence electrons. The summed E-state index contributed by atoms with van der Waals surface area (Å²) in [4.78, 5) is 36.1. The molecule has 46 heavy (non-hydrogen) atoms. The molecule has 2 aromatic carbocycles. The monoisotopic (exact) mass is 620 g/mol. The second kappa shape index (κ2) is 13.5. The van der Waals surface area contributed by atoms with Crippen molar-refractivity contribution in [3.63, 3.8) is 0 Å². The maximum atomic E-state index is 14.8. The van der Waals surface area contributed by atoms with Crippen LogP contribution in [0.25, 0.3) is 27.6 Å². The van der Waals surface area contributed by atoms with Gasteiger partial charge < -0.3 is 23.8 Å². The maximum absolute atomic E-state index is 14.8. The fraction of sp³-hybridized carbons (Fsp3) is 0.395. The van der Waals surface area contributed by atoms with Gasteiger partial charge in [0, 0.05) is 80.0 Å². The number of ether oxygens (including phenoxy) is 2. The second-order valence-corrected chi connectivity index (χ2v) is 13.3. The van der Waals surface area contributed by atoms with Crippen molar-refractivity contribution in [1.82, 2.24) is 19.4 Å². The molecule has 0 atom stereocenters. The van der Waals surface area contributed by atoms with Crippen molar-refractivity contribution in [3.8, 4) is 11.1 Å². The van der Waals surface area contributed by atoms with Crippen molar-refractivity contribution in [2.24, 2.45) is 0 Å². The lowest BCUT2D eigenvalue weighted by molar-refractivity contribution is -0.128. The normalized spacial score (nSPS) is 15.3. The highest BCUT2D eigenvalue weighted by Crippen LogP contribution is 2.36. The number of fused-ring (bicyclic) bond motifs is 1. The summed E-state index contributed by atoms with van der Waals surface area (Å²) >= 11 is 0. The number of nitrogens with zero attached hydrogens (tertiary/aromatic N) is 4. The van der Waals surface area contributed by atoms with E-state index in [0.717, 1.165) is 64.5 Å². The average Bonchev–Trinajstić information content (AvgIpc) is 3.85. The molecule has 0 radical (unpaired) electrons. The SMILES string of the molecule is COCCCn1cc(CN(C(=O)C2=C(c3cccc(-c4cccnc4)c3)CCN(C(=O)OC(C)(C)C)C2)C2CC2)c2ccccc21. The van der Waals surface area contributed by atoms with E-state index < -0.39 is 11.7 Å². The van der Waals surface area contributed by atoms with Gasteiger partial charge >= 0.3 is 6.09 Å². The second-order valence-electron chi connectivity index (χ2n) is 13.3. The van der Waals surface area contributed by atoms with E-state index in [1.165, 1.54) is 0 Å². The van der Waals surface area contributed by atoms with E-state index >= 15 is 0 Å². The van der Waals surface area contributed by atoms with E-state index in [-0.39, 0.29) is 18.5 Å². The van der Waals surface area contributed by atoms with Gasteiger partial charge in [0.25, 0.3) is 5.91 Å². The summed E-state index contributed by atoms with van der Waals surface area (Å²) in [6, 6.07) is 20.9. The highest BCUT2D eigenvalue weighted by molar-refractivity contribution is 6.03. The largest absolute Gasteiger partial charge is 0.444 e. The van der Waals surface area contributed by atoms with Gasteiger partial charge in [-0.15, -0.1) is 0 Å². The van der Waals surface area contributed by atoms with Crippen molar-refractivity contribution in [2.75, 3.05) is 26.8 Å². The number of aryl methyl sites for hydroxylation is 1. The number of methoxy groups -OCH3 is 1. The Morgan fingerprint density at radius 3 is 2.52 bits per heavy atom. The first-order valence-electron chi connectivity index (χ1n) is 16.3. The molecule has 8 nitrogen and oxygen atoms in total. The van der Waals surface area contributed by atoms with Crippen molar-refractivity contribution in [1.29, 1.82) is 0 Å². The Kier molecular flexibility index (Phi) is 9.27. The van der Waals surface area contributed by atoms with E-state index in [1.807, 2.05) is 50.1 Å². The third-order valence-corrected chi connectivity index (χ3v) is 8.67. The Morgan fingerprint density at radius 1 is 1.00 bits per heavy atom. The lowest BCUT2D eigenvalue weighted by atomic mass is 9.90. The summed E-state index contributed by atoms with van der Waals surface area (Å²) in [5.41, 5.74) is 6.39. The predicted octanol–water partition coefficient (Wildman–Crippen LogP) is 7.33. The number of amides is 2. The molecule has 2 amide bonds. The Balaban J connectivity index is 1.37. The number of carbonyl (C=O) groups excluding carboxylic acids is 2. The Labute approximate surface area is 271 Å². The van der Waals surface area contributed by atoms with Gasteiger partial charge in [0.1, 0.15) is 5.60 Å². The van der Waals surface area contributed by atoms with Crippen LogP contribution in [0.1, 0.15) is 57.6 Å². The van der Waals surface area contributed by atoms with Gasteiger partial charge in [-0.3, -0.25) is 9.78 Å². The summed E-state index contributed by atoms with van der Waals surface area (Å²) in [7, 11) is 1.73. The summed E-state index contributed by atoms with van der Waals surface area (Å²) in [6.45, 7) is 8.35. The maximum Gasteiger partial charge on any atom is 0.410 e. The van der Waals surface area contributed by atoms with E-state index in [4.69, 9.17) is 9.47 Å². The van der Waals surface area contributed by atoms with Gasteiger partial charge in [-0.05, 0) is 86.9 Å². The lowest BCUT2D eigenvalue weighted by Gasteiger charge is -2.34. The highest BCUT2D eigenvalue weighted by atomic mass is 16.6. The summed E-state index contributed by atoms with van der Waals surface area (Å²) in [6.07, 6.45) is 8.86. The van der Waals surface area contributed by atoms with Crippen LogP contribution in [0.2, 0.25) is 0 Å². The van der Waals surface area contributed by atoms with Gasteiger partial charge in [-0.25, -0.2) is 4.79 Å². The molecule has 0 saturated heterocycles. The first kappa shape index (κ1) is 31.5. The van der Waals surface area contributed by atoms with Crippen LogP contribution in [0, 0.1) is 0 Å². The molecule has 3 heterocycles. The average molecular weight is 621 g/mol. The zero-order valence-electron chi connectivity index (χ0n) is 27.4. The predicted molar refractivity (Wildman–Crippen MR) is 181 cm³/mol. The highest BCUT2D eigenvalue weighted by Gasteiger charge is 2.38. The van der Waals surface area contributed by atoms with Crippen molar-refractivity contribution >= 4 is 28.5 Å². The van der Waals surface area contributed by atoms with Crippen LogP contribution in [-0.2, 0) is 27.4 Å². The topological polar surface area (TPSA) is 76.9 Å². The molecule has 8 heteroatoms. The van der Waals surface area contributed by atoms with Crippen LogP contribution in [0.3, 0.4) is 0 Å². The molecule has 0 bridgehead atoms. The molecule has 2 aliphatic rings. The minimum absolute atomic E-state index is 0.00578. The van der Waals surface area contributed by atoms with Crippen LogP contribution in [-0.4, -0.2) is 69.8 Å². The molecule has 0 N–H and O–H groups in total. The minimum atomic E-state index is -0.624. The first-order chi connectivity index (χ1) is 22.2. The van der Waals surface area contributed by atoms with E-state index in [1.54, 1.807) is 18.2 Å². The van der Waals surface area contributed by atoms with E-state index in [0.29, 0.717) is 31.7 Å². The quantitative estimate of drug-likeness (QED) is 0.174. The molecule has 1 aliphatic heterocycles. The number of aromatic nitrogens is 2. The number of benzene rings is 2. The number of rotatable bonds is 10. The fourth-order valence-corrected chi connectivity index (χ4v) is 6.30. The van der Waals surface area contributed by atoms with Crippen LogP contribution in [0.5, 0.6) is 0 Å². The van der Waals surface area contributed by atoms with Crippen molar-refractivity contribution in [2.45, 2.75) is 71.2 Å². The van der Waals surface area contributed by atoms with Gasteiger partial charge in [0.15, 0.2) is 0 Å². The van der Waals surface area contributed by atoms with Gasteiger partial charge in [-0.2, -0.15) is 0 Å². The van der Waals surface area contributed by atoms with Crippen LogP contribution >= 0.6 is 0 Å². The molecule has 1 saturated carbocycles. The molecule has 0 unspecified atom stereocenters. The van der Waals surface area contributed by atoms with E-state index in [2.05, 4.69) is 58.2 Å². The van der Waals surface area contributed by atoms with Crippen molar-refractivity contribution in [3.05, 3.63) is 96.0 Å². The number of hydrogen-bond acceptors (Lipinski definition) is 5. The summed E-state index contributed by atoms with van der Waals surface area (Å²) < 4.78 is 13.3. The molecule has 1 fully saturated rings. The lowest BCUT2D eigenvalue weighted by Crippen LogP contribution is -2.44.